The Labute approximate surface area is 70.6 Å². The van der Waals surface area contributed by atoms with Gasteiger partial charge in [0.15, 0.2) is 0 Å². The fourth-order valence-corrected chi connectivity index (χ4v) is 1.32. The number of aromatic hydroxyl groups is 1. The minimum atomic E-state index is 0.337. The highest BCUT2D eigenvalue weighted by Crippen LogP contribution is 2.28. The van der Waals surface area contributed by atoms with Gasteiger partial charge in [-0.3, -0.25) is 0 Å². The zero-order chi connectivity index (χ0) is 8.27. The summed E-state index contributed by atoms with van der Waals surface area (Å²) in [5.74, 6) is 0.337. The first kappa shape index (κ1) is 8.27. The third-order valence-electron chi connectivity index (χ3n) is 1.47. The van der Waals surface area contributed by atoms with Crippen molar-refractivity contribution in [2.45, 2.75) is 4.90 Å². The predicted molar refractivity (Wildman–Crippen MR) is 49.4 cm³/mol. The van der Waals surface area contributed by atoms with Crippen molar-refractivity contribution >= 4 is 17.4 Å². The lowest BCUT2D eigenvalue weighted by molar-refractivity contribution is 0.463. The molecular weight excluding hydrogens is 158 g/mol. The molecule has 0 aliphatic heterocycles. The quantitative estimate of drug-likeness (QED) is 0.665. The van der Waals surface area contributed by atoms with E-state index in [0.717, 1.165) is 10.6 Å². The molecule has 2 N–H and O–H groups in total. The van der Waals surface area contributed by atoms with E-state index in [0.29, 0.717) is 5.75 Å². The lowest BCUT2D eigenvalue weighted by Gasteiger charge is -2.03. The number of hydrogen-bond acceptors (Lipinski definition) is 3. The standard InChI is InChI=1S/C8H11NOS/c1-9-6-3-4-8(11-2)7(10)5-6/h3-5,9-10H,1-2H3. The average molecular weight is 169 g/mol. The van der Waals surface area contributed by atoms with Crippen LogP contribution in [0.5, 0.6) is 5.75 Å². The molecule has 1 aromatic carbocycles. The van der Waals surface area contributed by atoms with Gasteiger partial charge < -0.3 is 10.4 Å². The highest BCUT2D eigenvalue weighted by atomic mass is 32.2. The number of phenols is 1. The Morgan fingerprint density at radius 1 is 1.45 bits per heavy atom. The second-order valence-electron chi connectivity index (χ2n) is 2.14. The first-order chi connectivity index (χ1) is 5.27. The van der Waals surface area contributed by atoms with Gasteiger partial charge in [-0.05, 0) is 18.4 Å². The van der Waals surface area contributed by atoms with Crippen LogP contribution in [0.25, 0.3) is 0 Å². The number of nitrogens with one attached hydrogen (secondary N) is 1. The van der Waals surface area contributed by atoms with Gasteiger partial charge in [-0.25, -0.2) is 0 Å². The molecule has 0 radical (unpaired) electrons. The summed E-state index contributed by atoms with van der Waals surface area (Å²) in [6, 6.07) is 5.54. The number of thioether (sulfide) groups is 1. The van der Waals surface area contributed by atoms with Crippen molar-refractivity contribution in [1.29, 1.82) is 0 Å². The monoisotopic (exact) mass is 169 g/mol. The molecule has 0 atom stereocenters. The predicted octanol–water partition coefficient (Wildman–Crippen LogP) is 2.16. The molecule has 0 unspecified atom stereocenters. The largest absolute Gasteiger partial charge is 0.507 e. The van der Waals surface area contributed by atoms with E-state index in [1.165, 1.54) is 11.8 Å². The highest BCUT2D eigenvalue weighted by Gasteiger charge is 1.98. The Balaban J connectivity index is 2.99. The third-order valence-corrected chi connectivity index (χ3v) is 2.25. The van der Waals surface area contributed by atoms with Crippen molar-refractivity contribution in [1.82, 2.24) is 0 Å². The molecule has 0 heterocycles. The first-order valence-corrected chi connectivity index (χ1v) is 4.55. The minimum absolute atomic E-state index is 0.337. The molecule has 0 saturated carbocycles. The molecule has 0 bridgehead atoms. The first-order valence-electron chi connectivity index (χ1n) is 3.32. The van der Waals surface area contributed by atoms with E-state index in [1.807, 2.05) is 25.4 Å². The van der Waals surface area contributed by atoms with Crippen molar-refractivity contribution in [3.05, 3.63) is 18.2 Å². The molecule has 11 heavy (non-hydrogen) atoms. The second-order valence-corrected chi connectivity index (χ2v) is 2.98. The van der Waals surface area contributed by atoms with Crippen LogP contribution < -0.4 is 5.32 Å². The molecule has 0 saturated heterocycles. The molecule has 1 rings (SSSR count). The zero-order valence-corrected chi connectivity index (χ0v) is 7.40. The Morgan fingerprint density at radius 3 is 2.64 bits per heavy atom. The lowest BCUT2D eigenvalue weighted by Crippen LogP contribution is -1.86. The van der Waals surface area contributed by atoms with Gasteiger partial charge in [0.25, 0.3) is 0 Å². The van der Waals surface area contributed by atoms with Gasteiger partial charge in [-0.2, -0.15) is 0 Å². The highest BCUT2D eigenvalue weighted by molar-refractivity contribution is 7.98. The van der Waals surface area contributed by atoms with Crippen LogP contribution in [0.1, 0.15) is 0 Å². The summed E-state index contributed by atoms with van der Waals surface area (Å²) >= 11 is 1.54. The fraction of sp³-hybridized carbons (Fsp3) is 0.250. The van der Waals surface area contributed by atoms with Crippen molar-refractivity contribution in [3.63, 3.8) is 0 Å². The van der Waals surface area contributed by atoms with Crippen LogP contribution in [0.2, 0.25) is 0 Å². The molecule has 2 nitrogen and oxygen atoms in total. The van der Waals surface area contributed by atoms with E-state index in [9.17, 15) is 5.11 Å². The Morgan fingerprint density at radius 2 is 2.18 bits per heavy atom. The summed E-state index contributed by atoms with van der Waals surface area (Å²) < 4.78 is 0. The van der Waals surface area contributed by atoms with Crippen molar-refractivity contribution in [2.75, 3.05) is 18.6 Å². The van der Waals surface area contributed by atoms with Gasteiger partial charge in [-0.1, -0.05) is 0 Å². The van der Waals surface area contributed by atoms with Crippen LogP contribution in [0.15, 0.2) is 23.1 Å². The molecule has 0 spiro atoms. The Bertz CT molecular complexity index is 250. The van der Waals surface area contributed by atoms with Gasteiger partial charge in [0.2, 0.25) is 0 Å². The summed E-state index contributed by atoms with van der Waals surface area (Å²) in [6.45, 7) is 0. The van der Waals surface area contributed by atoms with Crippen LogP contribution in [-0.2, 0) is 0 Å². The lowest BCUT2D eigenvalue weighted by atomic mass is 10.3. The number of phenolic OH excluding ortho intramolecular Hbond substituents is 1. The Kier molecular flexibility index (Phi) is 2.65. The normalized spacial score (nSPS) is 9.64. The summed E-state index contributed by atoms with van der Waals surface area (Å²) in [6.07, 6.45) is 1.94. The summed E-state index contributed by atoms with van der Waals surface area (Å²) in [5.41, 5.74) is 0.931. The summed E-state index contributed by atoms with van der Waals surface area (Å²) in [5, 5.41) is 12.3. The van der Waals surface area contributed by atoms with Gasteiger partial charge >= 0.3 is 0 Å². The van der Waals surface area contributed by atoms with E-state index in [2.05, 4.69) is 5.32 Å². The molecule has 0 fully saturated rings. The maximum Gasteiger partial charge on any atom is 0.131 e. The van der Waals surface area contributed by atoms with Crippen LogP contribution in [-0.4, -0.2) is 18.4 Å². The second kappa shape index (κ2) is 3.53. The van der Waals surface area contributed by atoms with Gasteiger partial charge in [0.05, 0.1) is 0 Å². The maximum atomic E-state index is 9.36. The molecule has 60 valence electrons. The van der Waals surface area contributed by atoms with Crippen LogP contribution in [0.4, 0.5) is 5.69 Å². The molecule has 0 amide bonds. The molecule has 0 aliphatic carbocycles. The fourth-order valence-electron chi connectivity index (χ4n) is 0.845. The number of anilines is 1. The van der Waals surface area contributed by atoms with Crippen molar-refractivity contribution in [3.8, 4) is 5.75 Å². The van der Waals surface area contributed by atoms with E-state index >= 15 is 0 Å². The van der Waals surface area contributed by atoms with E-state index in [-0.39, 0.29) is 0 Å². The van der Waals surface area contributed by atoms with E-state index in [1.54, 1.807) is 6.07 Å². The number of benzene rings is 1. The van der Waals surface area contributed by atoms with Crippen LogP contribution >= 0.6 is 11.8 Å². The molecular formula is C8H11NOS. The Hall–Kier alpha value is -0.830. The van der Waals surface area contributed by atoms with Gasteiger partial charge in [0.1, 0.15) is 5.75 Å². The van der Waals surface area contributed by atoms with Gasteiger partial charge in [0, 0.05) is 23.7 Å². The van der Waals surface area contributed by atoms with Crippen LogP contribution in [0, 0.1) is 0 Å². The summed E-state index contributed by atoms with van der Waals surface area (Å²) in [4.78, 5) is 0.906. The van der Waals surface area contributed by atoms with E-state index < -0.39 is 0 Å². The average Bonchev–Trinajstić information content (AvgIpc) is 2.04. The zero-order valence-electron chi connectivity index (χ0n) is 6.59. The number of hydrogen-bond donors (Lipinski definition) is 2. The smallest absolute Gasteiger partial charge is 0.131 e. The van der Waals surface area contributed by atoms with Crippen molar-refractivity contribution in [2.24, 2.45) is 0 Å². The SMILES string of the molecule is CNc1ccc(SC)c(O)c1. The van der Waals surface area contributed by atoms with Crippen LogP contribution in [0.3, 0.4) is 0 Å². The third kappa shape index (κ3) is 1.80. The van der Waals surface area contributed by atoms with Crippen molar-refractivity contribution < 1.29 is 5.11 Å². The topological polar surface area (TPSA) is 32.3 Å². The summed E-state index contributed by atoms with van der Waals surface area (Å²) in [7, 11) is 1.83. The van der Waals surface area contributed by atoms with Gasteiger partial charge in [-0.15, -0.1) is 11.8 Å². The minimum Gasteiger partial charge on any atom is -0.507 e. The molecule has 3 heteroatoms. The number of rotatable bonds is 2. The molecule has 0 aromatic heterocycles. The molecule has 0 aliphatic rings. The van der Waals surface area contributed by atoms with E-state index in [4.69, 9.17) is 0 Å². The molecule has 1 aromatic rings. The maximum absolute atomic E-state index is 9.36.